The maximum Gasteiger partial charge on any atom is 0.191 e. The van der Waals surface area contributed by atoms with Gasteiger partial charge in [-0.25, -0.2) is 9.38 Å². The van der Waals surface area contributed by atoms with E-state index in [1.165, 1.54) is 37.8 Å². The second-order valence-corrected chi connectivity index (χ2v) is 4.95. The zero-order chi connectivity index (χ0) is 13.5. The first-order valence-corrected chi connectivity index (χ1v) is 7.07. The normalized spacial score (nSPS) is 15.8. The number of benzene rings is 1. The molecule has 20 heavy (non-hydrogen) atoms. The molecule has 112 valence electrons. The molecule has 1 fully saturated rings. The highest BCUT2D eigenvalue weighted by Crippen LogP contribution is 2.17. The second-order valence-electron chi connectivity index (χ2n) is 4.95. The summed E-state index contributed by atoms with van der Waals surface area (Å²) in [7, 11) is 0. The Morgan fingerprint density at radius 1 is 1.25 bits per heavy atom. The number of hydrogen-bond acceptors (Lipinski definition) is 1. The molecule has 0 spiro atoms. The van der Waals surface area contributed by atoms with Crippen LogP contribution in [0, 0.1) is 5.82 Å². The van der Waals surface area contributed by atoms with Crippen molar-refractivity contribution in [2.45, 2.75) is 45.2 Å². The Labute approximate surface area is 137 Å². The lowest BCUT2D eigenvalue weighted by Gasteiger charge is -2.16. The standard InChI is InChI=1S/C15H22FN3.HI/c1-2-17-15(19-14-5-3-4-6-14)18-11-12-7-9-13(16)10-8-12;/h7-10,14H,2-6,11H2,1H3,(H2,17,18,19);1H. The van der Waals surface area contributed by atoms with E-state index < -0.39 is 0 Å². The number of halogens is 2. The van der Waals surface area contributed by atoms with Gasteiger partial charge in [-0.05, 0) is 37.5 Å². The van der Waals surface area contributed by atoms with Gasteiger partial charge in [0.25, 0.3) is 0 Å². The Morgan fingerprint density at radius 3 is 2.50 bits per heavy atom. The van der Waals surface area contributed by atoms with Crippen molar-refractivity contribution in [2.75, 3.05) is 6.54 Å². The van der Waals surface area contributed by atoms with Gasteiger partial charge in [-0.2, -0.15) is 0 Å². The molecular weight excluding hydrogens is 368 g/mol. The minimum Gasteiger partial charge on any atom is -0.357 e. The van der Waals surface area contributed by atoms with Gasteiger partial charge in [-0.3, -0.25) is 0 Å². The highest BCUT2D eigenvalue weighted by atomic mass is 127. The van der Waals surface area contributed by atoms with Gasteiger partial charge in [0.1, 0.15) is 5.82 Å². The lowest BCUT2D eigenvalue weighted by atomic mass is 10.2. The van der Waals surface area contributed by atoms with Crippen LogP contribution < -0.4 is 10.6 Å². The average Bonchev–Trinajstić information content (AvgIpc) is 2.91. The fourth-order valence-corrected chi connectivity index (χ4v) is 2.34. The quantitative estimate of drug-likeness (QED) is 0.469. The molecule has 1 aromatic carbocycles. The predicted molar refractivity (Wildman–Crippen MR) is 92.0 cm³/mol. The van der Waals surface area contributed by atoms with Crippen molar-refractivity contribution in [3.8, 4) is 0 Å². The van der Waals surface area contributed by atoms with E-state index in [9.17, 15) is 4.39 Å². The van der Waals surface area contributed by atoms with Crippen LogP contribution in [0.5, 0.6) is 0 Å². The zero-order valence-electron chi connectivity index (χ0n) is 11.9. The summed E-state index contributed by atoms with van der Waals surface area (Å²) in [6, 6.07) is 7.05. The molecule has 1 aromatic rings. The van der Waals surface area contributed by atoms with Crippen LogP contribution in [-0.2, 0) is 6.54 Å². The van der Waals surface area contributed by atoms with Crippen molar-refractivity contribution in [2.24, 2.45) is 4.99 Å². The first-order chi connectivity index (χ1) is 9.28. The molecule has 2 N–H and O–H groups in total. The summed E-state index contributed by atoms with van der Waals surface area (Å²) in [6.07, 6.45) is 5.05. The molecule has 3 nitrogen and oxygen atoms in total. The van der Waals surface area contributed by atoms with Gasteiger partial charge in [0.2, 0.25) is 0 Å². The van der Waals surface area contributed by atoms with Crippen LogP contribution in [0.15, 0.2) is 29.3 Å². The van der Waals surface area contributed by atoms with Crippen LogP contribution in [0.3, 0.4) is 0 Å². The molecule has 1 aliphatic carbocycles. The molecular formula is C15H23FIN3. The SMILES string of the molecule is CCNC(=NCc1ccc(F)cc1)NC1CCCC1.I. The monoisotopic (exact) mass is 391 g/mol. The fourth-order valence-electron chi connectivity index (χ4n) is 2.34. The summed E-state index contributed by atoms with van der Waals surface area (Å²) in [4.78, 5) is 4.55. The van der Waals surface area contributed by atoms with Gasteiger partial charge >= 0.3 is 0 Å². The van der Waals surface area contributed by atoms with Crippen LogP contribution >= 0.6 is 24.0 Å². The maximum atomic E-state index is 12.8. The number of hydrogen-bond donors (Lipinski definition) is 2. The topological polar surface area (TPSA) is 36.4 Å². The van der Waals surface area contributed by atoms with Gasteiger partial charge in [0.05, 0.1) is 6.54 Å². The van der Waals surface area contributed by atoms with E-state index in [0.717, 1.165) is 18.1 Å². The summed E-state index contributed by atoms with van der Waals surface area (Å²) >= 11 is 0. The molecule has 0 unspecified atom stereocenters. The van der Waals surface area contributed by atoms with E-state index in [-0.39, 0.29) is 29.8 Å². The predicted octanol–water partition coefficient (Wildman–Crippen LogP) is 3.44. The van der Waals surface area contributed by atoms with Crippen molar-refractivity contribution < 1.29 is 4.39 Å². The fraction of sp³-hybridized carbons (Fsp3) is 0.533. The molecule has 5 heteroatoms. The molecule has 0 aliphatic heterocycles. The smallest absolute Gasteiger partial charge is 0.191 e. The minimum atomic E-state index is -0.205. The summed E-state index contributed by atoms with van der Waals surface area (Å²) < 4.78 is 12.8. The Kier molecular flexibility index (Phi) is 7.87. The minimum absolute atomic E-state index is 0. The zero-order valence-corrected chi connectivity index (χ0v) is 14.2. The highest BCUT2D eigenvalue weighted by Gasteiger charge is 2.15. The van der Waals surface area contributed by atoms with Crippen LogP contribution in [0.1, 0.15) is 38.2 Å². The molecule has 0 radical (unpaired) electrons. The summed E-state index contributed by atoms with van der Waals surface area (Å²) in [5.41, 5.74) is 1.02. The number of nitrogens with zero attached hydrogens (tertiary/aromatic N) is 1. The first-order valence-electron chi connectivity index (χ1n) is 7.07. The third kappa shape index (κ3) is 5.64. The van der Waals surface area contributed by atoms with Crippen molar-refractivity contribution in [3.63, 3.8) is 0 Å². The number of rotatable bonds is 4. The van der Waals surface area contributed by atoms with Crippen molar-refractivity contribution >= 4 is 29.9 Å². The molecule has 0 heterocycles. The molecule has 0 aromatic heterocycles. The van der Waals surface area contributed by atoms with Crippen LogP contribution in [-0.4, -0.2) is 18.5 Å². The molecule has 1 saturated carbocycles. The van der Waals surface area contributed by atoms with E-state index in [2.05, 4.69) is 22.5 Å². The van der Waals surface area contributed by atoms with E-state index in [0.29, 0.717) is 12.6 Å². The van der Waals surface area contributed by atoms with Crippen molar-refractivity contribution in [1.29, 1.82) is 0 Å². The summed E-state index contributed by atoms with van der Waals surface area (Å²) in [6.45, 7) is 3.48. The lowest BCUT2D eigenvalue weighted by Crippen LogP contribution is -2.42. The van der Waals surface area contributed by atoms with E-state index in [1.807, 2.05) is 0 Å². The van der Waals surface area contributed by atoms with Gasteiger partial charge in [-0.1, -0.05) is 25.0 Å². The van der Waals surface area contributed by atoms with Crippen LogP contribution in [0.25, 0.3) is 0 Å². The Hall–Kier alpha value is -0.850. The second kappa shape index (κ2) is 9.15. The maximum absolute atomic E-state index is 12.8. The number of guanidine groups is 1. The van der Waals surface area contributed by atoms with E-state index in [4.69, 9.17) is 0 Å². The third-order valence-electron chi connectivity index (χ3n) is 3.37. The molecule has 1 aliphatic rings. The summed E-state index contributed by atoms with van der Waals surface area (Å²) in [5.74, 6) is 0.655. The number of aliphatic imine (C=N–C) groups is 1. The Morgan fingerprint density at radius 2 is 1.90 bits per heavy atom. The van der Waals surface area contributed by atoms with Crippen LogP contribution in [0.4, 0.5) is 4.39 Å². The largest absolute Gasteiger partial charge is 0.357 e. The Bertz CT molecular complexity index is 414. The molecule has 0 saturated heterocycles. The van der Waals surface area contributed by atoms with Crippen molar-refractivity contribution in [3.05, 3.63) is 35.6 Å². The van der Waals surface area contributed by atoms with E-state index >= 15 is 0 Å². The van der Waals surface area contributed by atoms with Crippen molar-refractivity contribution in [1.82, 2.24) is 10.6 Å². The van der Waals surface area contributed by atoms with Gasteiger partial charge in [-0.15, -0.1) is 24.0 Å². The lowest BCUT2D eigenvalue weighted by molar-refractivity contribution is 0.613. The van der Waals surface area contributed by atoms with Gasteiger partial charge in [0.15, 0.2) is 5.96 Å². The van der Waals surface area contributed by atoms with Crippen LogP contribution in [0.2, 0.25) is 0 Å². The van der Waals surface area contributed by atoms with Gasteiger partial charge < -0.3 is 10.6 Å². The Balaban J connectivity index is 0.00000200. The third-order valence-corrected chi connectivity index (χ3v) is 3.37. The average molecular weight is 391 g/mol. The molecule has 2 rings (SSSR count). The molecule has 0 atom stereocenters. The summed E-state index contributed by atoms with van der Waals surface area (Å²) in [5, 5.41) is 6.72. The first kappa shape index (κ1) is 17.2. The molecule has 0 amide bonds. The van der Waals surface area contributed by atoms with E-state index in [1.54, 1.807) is 12.1 Å². The molecule has 0 bridgehead atoms. The van der Waals surface area contributed by atoms with Gasteiger partial charge in [0, 0.05) is 12.6 Å². The number of nitrogens with one attached hydrogen (secondary N) is 2. The highest BCUT2D eigenvalue weighted by molar-refractivity contribution is 14.0.